The molecular formula is C25H32ClFN8O2. The number of rotatable bonds is 6. The van der Waals surface area contributed by atoms with Crippen LogP contribution in [-0.4, -0.2) is 70.9 Å². The van der Waals surface area contributed by atoms with E-state index in [-0.39, 0.29) is 23.4 Å². The molecule has 2 fully saturated rings. The molecule has 0 saturated carbocycles. The Labute approximate surface area is 220 Å². The molecule has 3 aromatic rings. The normalized spacial score (nSPS) is 16.1. The number of morpholine rings is 1. The molecule has 4 heterocycles. The summed E-state index contributed by atoms with van der Waals surface area (Å²) >= 11 is 6.19. The molecule has 2 saturated heterocycles. The number of nitrogens with one attached hydrogen (secondary N) is 4. The van der Waals surface area contributed by atoms with Crippen molar-refractivity contribution in [3.8, 4) is 0 Å². The number of halogens is 2. The quantitative estimate of drug-likeness (QED) is 0.352. The molecule has 2 aliphatic heterocycles. The summed E-state index contributed by atoms with van der Waals surface area (Å²) < 4.78 is 19.9. The van der Waals surface area contributed by atoms with E-state index in [4.69, 9.17) is 16.3 Å². The van der Waals surface area contributed by atoms with E-state index in [1.54, 1.807) is 17.0 Å². The van der Waals surface area contributed by atoms with Crippen LogP contribution in [0.3, 0.4) is 0 Å². The van der Waals surface area contributed by atoms with Crippen molar-refractivity contribution in [2.75, 3.05) is 50.0 Å². The van der Waals surface area contributed by atoms with E-state index >= 15 is 0 Å². The number of nitrogens with zero attached hydrogens (tertiary/aromatic N) is 4. The molecule has 12 heteroatoms. The molecule has 1 amide bonds. The number of likely N-dealkylation sites (tertiary alicyclic amines) is 1. The van der Waals surface area contributed by atoms with Gasteiger partial charge < -0.3 is 25.6 Å². The number of hydrogen-bond donors (Lipinski definition) is 4. The number of carbonyl (C=O) groups excluding carboxylic acids is 1. The van der Waals surface area contributed by atoms with Gasteiger partial charge in [-0.15, -0.1) is 0 Å². The summed E-state index contributed by atoms with van der Waals surface area (Å²) in [6, 6.07) is 5.15. The lowest BCUT2D eigenvalue weighted by Gasteiger charge is -2.30. The number of piperidine rings is 1. The van der Waals surface area contributed by atoms with Crippen molar-refractivity contribution in [3.05, 3.63) is 52.1 Å². The second kappa shape index (κ2) is 12.8. The minimum atomic E-state index is -0.380. The summed E-state index contributed by atoms with van der Waals surface area (Å²) in [6.07, 6.45) is 3.97. The van der Waals surface area contributed by atoms with E-state index in [1.165, 1.54) is 6.20 Å². The van der Waals surface area contributed by atoms with Crippen molar-refractivity contribution in [1.82, 2.24) is 30.4 Å². The number of aryl methyl sites for hydroxylation is 2. The van der Waals surface area contributed by atoms with Crippen molar-refractivity contribution >= 4 is 41.3 Å². The molecule has 0 atom stereocenters. The summed E-state index contributed by atoms with van der Waals surface area (Å²) in [7, 11) is 0. The first kappa shape index (κ1) is 26.8. The Bertz CT molecular complexity index is 1180. The molecule has 0 bridgehead atoms. The number of anilines is 4. The molecular weight excluding hydrogens is 499 g/mol. The highest BCUT2D eigenvalue weighted by Crippen LogP contribution is 2.33. The Morgan fingerprint density at radius 2 is 1.92 bits per heavy atom. The van der Waals surface area contributed by atoms with Gasteiger partial charge in [0.25, 0.3) is 0 Å². The van der Waals surface area contributed by atoms with Crippen LogP contribution in [0.2, 0.25) is 5.02 Å². The summed E-state index contributed by atoms with van der Waals surface area (Å²) in [5.41, 5.74) is 3.13. The van der Waals surface area contributed by atoms with Gasteiger partial charge in [0.2, 0.25) is 12.4 Å². The van der Waals surface area contributed by atoms with Crippen molar-refractivity contribution < 1.29 is 13.9 Å². The fraction of sp³-hybridized carbons (Fsp3) is 0.440. The number of aromatic nitrogens is 4. The van der Waals surface area contributed by atoms with Crippen molar-refractivity contribution in [2.24, 2.45) is 0 Å². The maximum Gasteiger partial charge on any atom is 0.229 e. The van der Waals surface area contributed by atoms with Gasteiger partial charge in [-0.1, -0.05) is 11.6 Å². The van der Waals surface area contributed by atoms with E-state index in [9.17, 15) is 9.18 Å². The Morgan fingerprint density at radius 3 is 2.51 bits per heavy atom. The summed E-state index contributed by atoms with van der Waals surface area (Å²) in [6.45, 7) is 9.06. The Kier molecular flexibility index (Phi) is 9.26. The van der Waals surface area contributed by atoms with Crippen LogP contribution in [-0.2, 0) is 9.53 Å². The highest BCUT2D eigenvalue weighted by molar-refractivity contribution is 6.32. The molecule has 1 aromatic carbocycles. The Hall–Kier alpha value is -3.28. The van der Waals surface area contributed by atoms with E-state index in [1.807, 2.05) is 19.9 Å². The lowest BCUT2D eigenvalue weighted by Crippen LogP contribution is -2.31. The highest BCUT2D eigenvalue weighted by Gasteiger charge is 2.22. The number of carbonyl (C=O) groups is 1. The molecule has 37 heavy (non-hydrogen) atoms. The topological polar surface area (TPSA) is 120 Å². The summed E-state index contributed by atoms with van der Waals surface area (Å²) in [5, 5.41) is 16.4. The van der Waals surface area contributed by atoms with Gasteiger partial charge in [-0.2, -0.15) is 10.1 Å². The third-order valence-corrected chi connectivity index (χ3v) is 6.54. The third-order valence-electron chi connectivity index (χ3n) is 6.26. The van der Waals surface area contributed by atoms with Gasteiger partial charge in [0, 0.05) is 37.9 Å². The van der Waals surface area contributed by atoms with E-state index in [0.29, 0.717) is 29.7 Å². The van der Waals surface area contributed by atoms with Crippen LogP contribution in [0.25, 0.3) is 0 Å². The third kappa shape index (κ3) is 7.37. The van der Waals surface area contributed by atoms with Gasteiger partial charge in [-0.05, 0) is 55.9 Å². The molecule has 2 aromatic heterocycles. The zero-order chi connectivity index (χ0) is 26.2. The first-order valence-corrected chi connectivity index (χ1v) is 12.7. The van der Waals surface area contributed by atoms with E-state index < -0.39 is 0 Å². The zero-order valence-electron chi connectivity index (χ0n) is 21.0. The molecule has 198 valence electrons. The maximum atomic E-state index is 14.9. The second-order valence-electron chi connectivity index (χ2n) is 9.04. The molecule has 4 N–H and O–H groups in total. The van der Waals surface area contributed by atoms with Crippen molar-refractivity contribution in [2.45, 2.75) is 32.6 Å². The van der Waals surface area contributed by atoms with Crippen LogP contribution >= 0.6 is 11.6 Å². The monoisotopic (exact) mass is 530 g/mol. The second-order valence-corrected chi connectivity index (χ2v) is 9.45. The molecule has 0 spiro atoms. The number of hydrogen-bond acceptors (Lipinski definition) is 8. The fourth-order valence-corrected chi connectivity index (χ4v) is 4.44. The van der Waals surface area contributed by atoms with Gasteiger partial charge in [-0.25, -0.2) is 9.37 Å². The van der Waals surface area contributed by atoms with Gasteiger partial charge in [-0.3, -0.25) is 9.89 Å². The molecule has 0 aliphatic carbocycles. The average molecular weight is 531 g/mol. The van der Waals surface area contributed by atoms with Crippen LogP contribution in [0.15, 0.2) is 24.4 Å². The Morgan fingerprint density at radius 1 is 1.16 bits per heavy atom. The molecule has 10 nitrogen and oxygen atoms in total. The van der Waals surface area contributed by atoms with Gasteiger partial charge in [0.1, 0.15) is 10.8 Å². The van der Waals surface area contributed by atoms with Crippen molar-refractivity contribution in [1.29, 1.82) is 0 Å². The number of H-pyrrole nitrogens is 1. The molecule has 2 aliphatic rings. The predicted octanol–water partition coefficient (Wildman–Crippen LogP) is 4.04. The van der Waals surface area contributed by atoms with Crippen LogP contribution in [0.1, 0.15) is 35.6 Å². The van der Waals surface area contributed by atoms with Crippen molar-refractivity contribution in [3.63, 3.8) is 0 Å². The van der Waals surface area contributed by atoms with Crippen LogP contribution in [0.4, 0.5) is 27.7 Å². The van der Waals surface area contributed by atoms with Gasteiger partial charge in [0.05, 0.1) is 25.1 Å². The first-order valence-electron chi connectivity index (χ1n) is 12.3. The summed E-state index contributed by atoms with van der Waals surface area (Å²) in [4.78, 5) is 21.2. The smallest absolute Gasteiger partial charge is 0.229 e. The lowest BCUT2D eigenvalue weighted by atomic mass is 9.86. The number of aromatic amines is 1. The SMILES string of the molecule is C1COCCN1.Cc1cc(Nc2nc(Nc3cc(C)c(C4CCN(C=O)CC4)cc3F)ncc2Cl)n[nH]1. The average Bonchev–Trinajstić information content (AvgIpc) is 3.33. The minimum Gasteiger partial charge on any atom is -0.379 e. The summed E-state index contributed by atoms with van der Waals surface area (Å²) in [5.74, 6) is 0.996. The van der Waals surface area contributed by atoms with Crippen LogP contribution in [0.5, 0.6) is 0 Å². The van der Waals surface area contributed by atoms with E-state index in [2.05, 4.69) is 36.1 Å². The lowest BCUT2D eigenvalue weighted by molar-refractivity contribution is -0.119. The standard InChI is InChI=1S/C21H23ClFN7O.C4H9NO/c1-12-7-18(17(23)9-15(12)14-3-5-30(11-31)6-4-14)25-21-24-10-16(22)20(27-21)26-19-8-13(2)28-29-19;1-3-6-4-2-5-1/h7-11,14H,3-6H2,1-2H3,(H3,24,25,26,27,28,29);5H,1-4H2. The first-order chi connectivity index (χ1) is 17.9. The molecule has 5 rings (SSSR count). The number of amides is 1. The molecule has 0 radical (unpaired) electrons. The maximum absolute atomic E-state index is 14.9. The van der Waals surface area contributed by atoms with Gasteiger partial charge in [0.15, 0.2) is 11.6 Å². The highest BCUT2D eigenvalue weighted by atomic mass is 35.5. The minimum absolute atomic E-state index is 0.212. The predicted molar refractivity (Wildman–Crippen MR) is 141 cm³/mol. The fourth-order valence-electron chi connectivity index (χ4n) is 4.30. The van der Waals surface area contributed by atoms with Crippen LogP contribution in [0, 0.1) is 19.7 Å². The van der Waals surface area contributed by atoms with Crippen LogP contribution < -0.4 is 16.0 Å². The number of ether oxygens (including phenoxy) is 1. The molecule has 0 unspecified atom stereocenters. The van der Waals surface area contributed by atoms with E-state index in [0.717, 1.165) is 62.4 Å². The number of benzene rings is 1. The largest absolute Gasteiger partial charge is 0.379 e. The zero-order valence-corrected chi connectivity index (χ0v) is 21.7. The Balaban J connectivity index is 0.000000469. The van der Waals surface area contributed by atoms with Gasteiger partial charge >= 0.3 is 0 Å².